The van der Waals surface area contributed by atoms with Gasteiger partial charge >= 0.3 is 0 Å². The van der Waals surface area contributed by atoms with Crippen LogP contribution in [-0.2, 0) is 9.53 Å². The topological polar surface area (TPSA) is 38.3 Å². The van der Waals surface area contributed by atoms with Gasteiger partial charge in [-0.15, -0.1) is 0 Å². The fourth-order valence-electron chi connectivity index (χ4n) is 2.14. The first-order valence-electron chi connectivity index (χ1n) is 6.70. The zero-order chi connectivity index (χ0) is 13.5. The van der Waals surface area contributed by atoms with Gasteiger partial charge in [0.1, 0.15) is 6.79 Å². The Kier molecular flexibility index (Phi) is 23.9. The maximum absolute atomic E-state index is 8.00. The summed E-state index contributed by atoms with van der Waals surface area (Å²) in [6.07, 6.45) is 8.39. The number of nitrogens with one attached hydrogen (secondary N) is 1. The van der Waals surface area contributed by atoms with Gasteiger partial charge in [-0.2, -0.15) is 0 Å². The summed E-state index contributed by atoms with van der Waals surface area (Å²) >= 11 is 0. The number of carbonyl (C=O) groups is 1. The van der Waals surface area contributed by atoms with E-state index in [-0.39, 0.29) is 7.43 Å². The van der Waals surface area contributed by atoms with E-state index in [0.717, 1.165) is 12.0 Å². The normalized spacial score (nSPS) is 17.1. The van der Waals surface area contributed by atoms with E-state index in [0.29, 0.717) is 0 Å². The van der Waals surface area contributed by atoms with Crippen LogP contribution in [0.4, 0.5) is 0 Å². The van der Waals surface area contributed by atoms with Crippen LogP contribution in [0, 0.1) is 5.92 Å². The Labute approximate surface area is 115 Å². The third-order valence-electron chi connectivity index (χ3n) is 3.24. The lowest BCUT2D eigenvalue weighted by atomic mass is 9.95. The highest BCUT2D eigenvalue weighted by Crippen LogP contribution is 2.19. The molecular weight excluding hydrogens is 226 g/mol. The third kappa shape index (κ3) is 13.7. The molecule has 3 heteroatoms. The van der Waals surface area contributed by atoms with Crippen molar-refractivity contribution in [1.29, 1.82) is 0 Å². The highest BCUT2D eigenvalue weighted by molar-refractivity contribution is 5.10. The Morgan fingerprint density at radius 2 is 1.78 bits per heavy atom. The minimum Gasteiger partial charge on any atom is -0.388 e. The minimum atomic E-state index is 0. The van der Waals surface area contributed by atoms with Crippen molar-refractivity contribution in [2.75, 3.05) is 20.8 Å². The molecule has 1 fully saturated rings. The molecule has 0 spiro atoms. The van der Waals surface area contributed by atoms with Gasteiger partial charge in [0, 0.05) is 20.3 Å². The van der Waals surface area contributed by atoms with Crippen LogP contribution in [0.25, 0.3) is 0 Å². The molecule has 1 N–H and O–H groups in total. The summed E-state index contributed by atoms with van der Waals surface area (Å²) in [5.74, 6) is 0.979. The van der Waals surface area contributed by atoms with Gasteiger partial charge in [0.25, 0.3) is 0 Å². The zero-order valence-electron chi connectivity index (χ0n) is 12.1. The van der Waals surface area contributed by atoms with Crippen LogP contribution in [0.15, 0.2) is 0 Å². The number of hydrogen-bond acceptors (Lipinski definition) is 3. The van der Waals surface area contributed by atoms with Crippen molar-refractivity contribution in [2.24, 2.45) is 5.92 Å². The summed E-state index contributed by atoms with van der Waals surface area (Å²) in [7, 11) is 3.25. The SMILES string of the molecule is C.C=O.CCC(CC)CCC1CCCN1.COC. The molecule has 1 rings (SSSR count). The van der Waals surface area contributed by atoms with Crippen LogP contribution in [0.3, 0.4) is 0 Å². The molecule has 112 valence electrons. The maximum Gasteiger partial charge on any atom is 0.106 e. The van der Waals surface area contributed by atoms with Crippen molar-refractivity contribution < 1.29 is 9.53 Å². The Hall–Kier alpha value is -0.410. The van der Waals surface area contributed by atoms with Crippen LogP contribution in [0.2, 0.25) is 0 Å². The first-order valence-corrected chi connectivity index (χ1v) is 6.70. The van der Waals surface area contributed by atoms with Crippen LogP contribution >= 0.6 is 0 Å². The fourth-order valence-corrected chi connectivity index (χ4v) is 2.14. The summed E-state index contributed by atoms with van der Waals surface area (Å²) in [5.41, 5.74) is 0. The van der Waals surface area contributed by atoms with Crippen LogP contribution in [-0.4, -0.2) is 33.6 Å². The van der Waals surface area contributed by atoms with E-state index in [2.05, 4.69) is 23.9 Å². The van der Waals surface area contributed by atoms with E-state index < -0.39 is 0 Å². The molecule has 0 aromatic carbocycles. The van der Waals surface area contributed by atoms with E-state index in [9.17, 15) is 0 Å². The monoisotopic (exact) mass is 261 g/mol. The molecule has 1 atom stereocenters. The molecule has 1 saturated heterocycles. The van der Waals surface area contributed by atoms with E-state index >= 15 is 0 Å². The molecule has 0 bridgehead atoms. The summed E-state index contributed by atoms with van der Waals surface area (Å²) in [6.45, 7) is 7.89. The molecule has 1 aliphatic rings. The Bertz CT molecular complexity index is 130. The lowest BCUT2D eigenvalue weighted by Crippen LogP contribution is -2.21. The Morgan fingerprint density at radius 1 is 1.28 bits per heavy atom. The van der Waals surface area contributed by atoms with Crippen LogP contribution < -0.4 is 5.32 Å². The van der Waals surface area contributed by atoms with Gasteiger partial charge in [0.2, 0.25) is 0 Å². The van der Waals surface area contributed by atoms with Crippen molar-refractivity contribution in [3.8, 4) is 0 Å². The van der Waals surface area contributed by atoms with Gasteiger partial charge in [-0.05, 0) is 38.1 Å². The molecule has 1 unspecified atom stereocenters. The highest BCUT2D eigenvalue weighted by atomic mass is 16.4. The van der Waals surface area contributed by atoms with Gasteiger partial charge in [0.05, 0.1) is 0 Å². The number of hydrogen-bond donors (Lipinski definition) is 1. The molecular formula is C15H35NO2. The largest absolute Gasteiger partial charge is 0.388 e. The third-order valence-corrected chi connectivity index (χ3v) is 3.24. The predicted molar refractivity (Wildman–Crippen MR) is 81.1 cm³/mol. The minimum absolute atomic E-state index is 0. The molecule has 0 aromatic heterocycles. The molecule has 0 aromatic rings. The number of methoxy groups -OCH3 is 1. The molecule has 0 aliphatic carbocycles. The molecule has 3 nitrogen and oxygen atoms in total. The quantitative estimate of drug-likeness (QED) is 0.820. The summed E-state index contributed by atoms with van der Waals surface area (Å²) in [6, 6.07) is 0.852. The van der Waals surface area contributed by atoms with Crippen LogP contribution in [0.1, 0.15) is 59.8 Å². The summed E-state index contributed by atoms with van der Waals surface area (Å²) in [4.78, 5) is 8.00. The smallest absolute Gasteiger partial charge is 0.106 e. The van der Waals surface area contributed by atoms with Gasteiger partial charge in [-0.3, -0.25) is 0 Å². The van der Waals surface area contributed by atoms with E-state index in [1.165, 1.54) is 45.1 Å². The second kappa shape index (κ2) is 18.9. The maximum atomic E-state index is 8.00. The van der Waals surface area contributed by atoms with E-state index in [1.807, 2.05) is 6.79 Å². The molecule has 0 amide bonds. The van der Waals surface area contributed by atoms with Crippen molar-refractivity contribution in [1.82, 2.24) is 5.32 Å². The Morgan fingerprint density at radius 3 is 2.11 bits per heavy atom. The van der Waals surface area contributed by atoms with Crippen molar-refractivity contribution in [3.63, 3.8) is 0 Å². The average molecular weight is 261 g/mol. The first kappa shape index (κ1) is 22.7. The highest BCUT2D eigenvalue weighted by Gasteiger charge is 2.14. The molecule has 0 radical (unpaired) electrons. The zero-order valence-corrected chi connectivity index (χ0v) is 12.1. The molecule has 18 heavy (non-hydrogen) atoms. The summed E-state index contributed by atoms with van der Waals surface area (Å²) < 4.78 is 4.25. The van der Waals surface area contributed by atoms with Crippen molar-refractivity contribution >= 4 is 6.79 Å². The summed E-state index contributed by atoms with van der Waals surface area (Å²) in [5, 5.41) is 3.56. The second-order valence-electron chi connectivity index (χ2n) is 4.46. The van der Waals surface area contributed by atoms with Gasteiger partial charge in [-0.1, -0.05) is 34.1 Å². The van der Waals surface area contributed by atoms with Gasteiger partial charge in [-0.25, -0.2) is 0 Å². The van der Waals surface area contributed by atoms with E-state index in [4.69, 9.17) is 4.79 Å². The molecule has 1 heterocycles. The van der Waals surface area contributed by atoms with Gasteiger partial charge < -0.3 is 14.8 Å². The molecule has 0 saturated carbocycles. The first-order chi connectivity index (χ1) is 8.28. The average Bonchev–Trinajstić information content (AvgIpc) is 2.87. The van der Waals surface area contributed by atoms with Crippen LogP contribution in [0.5, 0.6) is 0 Å². The molecule has 1 aliphatic heterocycles. The van der Waals surface area contributed by atoms with Crippen molar-refractivity contribution in [2.45, 2.75) is 65.8 Å². The lowest BCUT2D eigenvalue weighted by Gasteiger charge is -2.15. The van der Waals surface area contributed by atoms with Gasteiger partial charge in [0.15, 0.2) is 0 Å². The lowest BCUT2D eigenvalue weighted by molar-refractivity contribution is -0.0979. The number of carbonyl (C=O) groups excluding carboxylic acids is 1. The standard InChI is InChI=1S/C11H23N.C2H6O.CH2O.CH4/c1-3-10(4-2)7-8-11-6-5-9-12-11;1-3-2;1-2;/h10-12H,3-9H2,1-2H3;1-2H3;1H2;1H4. The number of rotatable bonds is 5. The fraction of sp³-hybridized carbons (Fsp3) is 0.933. The predicted octanol–water partition coefficient (Wildman–Crippen LogP) is 3.67. The Balaban J connectivity index is -0.000000329. The number of ether oxygens (including phenoxy) is 1. The van der Waals surface area contributed by atoms with E-state index in [1.54, 1.807) is 14.2 Å². The van der Waals surface area contributed by atoms with Crippen molar-refractivity contribution in [3.05, 3.63) is 0 Å². The second-order valence-corrected chi connectivity index (χ2v) is 4.46.